The molecule has 6 heteroatoms. The first-order chi connectivity index (χ1) is 9.17. The lowest BCUT2D eigenvalue weighted by Gasteiger charge is -2.32. The summed E-state index contributed by atoms with van der Waals surface area (Å²) < 4.78 is 37.6. The minimum Gasteiger partial charge on any atom is -0.332 e. The van der Waals surface area contributed by atoms with Crippen molar-refractivity contribution in [2.24, 2.45) is 11.8 Å². The SMILES string of the molecule is CC(C)CN(CC(F)(F)F)C(=O)CN1CCC(C)CC1. The van der Waals surface area contributed by atoms with Crippen LogP contribution in [0.5, 0.6) is 0 Å². The number of hydrogen-bond donors (Lipinski definition) is 0. The third-order valence-corrected chi connectivity index (χ3v) is 3.54. The number of halogens is 3. The maximum Gasteiger partial charge on any atom is 0.406 e. The van der Waals surface area contributed by atoms with Crippen LogP contribution < -0.4 is 0 Å². The molecule has 1 saturated heterocycles. The highest BCUT2D eigenvalue weighted by Crippen LogP contribution is 2.19. The van der Waals surface area contributed by atoms with Crippen LogP contribution in [0.25, 0.3) is 0 Å². The molecular formula is C14H25F3N2O. The normalized spacial score (nSPS) is 18.6. The van der Waals surface area contributed by atoms with Gasteiger partial charge in [0.05, 0.1) is 6.54 Å². The maximum atomic E-state index is 12.5. The zero-order chi connectivity index (χ0) is 15.3. The topological polar surface area (TPSA) is 23.6 Å². The summed E-state index contributed by atoms with van der Waals surface area (Å²) in [4.78, 5) is 15.0. The fourth-order valence-electron chi connectivity index (χ4n) is 2.42. The van der Waals surface area contributed by atoms with Crippen molar-refractivity contribution < 1.29 is 18.0 Å². The molecule has 1 aliphatic rings. The van der Waals surface area contributed by atoms with Crippen molar-refractivity contribution in [3.8, 4) is 0 Å². The average molecular weight is 294 g/mol. The number of amides is 1. The number of hydrogen-bond acceptors (Lipinski definition) is 2. The second-order valence-electron chi connectivity index (χ2n) is 6.24. The predicted octanol–water partition coefficient (Wildman–Crippen LogP) is 2.77. The first-order valence-electron chi connectivity index (χ1n) is 7.24. The number of likely N-dealkylation sites (tertiary alicyclic amines) is 1. The van der Waals surface area contributed by atoms with Crippen LogP contribution in [0.15, 0.2) is 0 Å². The molecule has 1 heterocycles. The Balaban J connectivity index is 2.54. The Kier molecular flexibility index (Phi) is 6.30. The number of alkyl halides is 3. The van der Waals surface area contributed by atoms with Crippen LogP contribution in [0, 0.1) is 11.8 Å². The number of piperidine rings is 1. The molecule has 0 saturated carbocycles. The molecule has 0 aromatic heterocycles. The number of carbonyl (C=O) groups is 1. The summed E-state index contributed by atoms with van der Waals surface area (Å²) in [5.41, 5.74) is 0. The van der Waals surface area contributed by atoms with E-state index in [0.717, 1.165) is 30.8 Å². The summed E-state index contributed by atoms with van der Waals surface area (Å²) in [6.45, 7) is 6.52. The number of carbonyl (C=O) groups excluding carboxylic acids is 1. The van der Waals surface area contributed by atoms with E-state index in [-0.39, 0.29) is 19.0 Å². The molecule has 0 aromatic rings. The van der Waals surface area contributed by atoms with Gasteiger partial charge in [-0.25, -0.2) is 0 Å². The summed E-state index contributed by atoms with van der Waals surface area (Å²) >= 11 is 0. The van der Waals surface area contributed by atoms with Crippen LogP contribution in [-0.4, -0.2) is 54.6 Å². The van der Waals surface area contributed by atoms with Crippen LogP contribution in [0.1, 0.15) is 33.6 Å². The highest BCUT2D eigenvalue weighted by atomic mass is 19.4. The monoisotopic (exact) mass is 294 g/mol. The van der Waals surface area contributed by atoms with Gasteiger partial charge in [0.25, 0.3) is 0 Å². The third kappa shape index (κ3) is 6.59. The van der Waals surface area contributed by atoms with E-state index >= 15 is 0 Å². The Morgan fingerprint density at radius 1 is 1.30 bits per heavy atom. The van der Waals surface area contributed by atoms with Gasteiger partial charge >= 0.3 is 6.18 Å². The van der Waals surface area contributed by atoms with Gasteiger partial charge in [0.2, 0.25) is 5.91 Å². The number of rotatable bonds is 5. The van der Waals surface area contributed by atoms with Crippen molar-refractivity contribution in [2.75, 3.05) is 32.7 Å². The molecule has 0 radical (unpaired) electrons. The van der Waals surface area contributed by atoms with Crippen LogP contribution in [0.4, 0.5) is 13.2 Å². The molecule has 0 aromatic carbocycles. The molecule has 1 fully saturated rings. The fourth-order valence-corrected chi connectivity index (χ4v) is 2.42. The Labute approximate surface area is 119 Å². The van der Waals surface area contributed by atoms with E-state index in [2.05, 4.69) is 6.92 Å². The molecule has 20 heavy (non-hydrogen) atoms. The smallest absolute Gasteiger partial charge is 0.332 e. The molecule has 0 N–H and O–H groups in total. The fraction of sp³-hybridized carbons (Fsp3) is 0.929. The van der Waals surface area contributed by atoms with Gasteiger partial charge in [0, 0.05) is 6.54 Å². The summed E-state index contributed by atoms with van der Waals surface area (Å²) in [7, 11) is 0. The Hall–Kier alpha value is -0.780. The molecule has 0 bridgehead atoms. The molecule has 1 rings (SSSR count). The average Bonchev–Trinajstić information content (AvgIpc) is 2.29. The highest BCUT2D eigenvalue weighted by molar-refractivity contribution is 5.78. The molecular weight excluding hydrogens is 269 g/mol. The Morgan fingerprint density at radius 2 is 1.85 bits per heavy atom. The van der Waals surface area contributed by atoms with Gasteiger partial charge in [-0.1, -0.05) is 20.8 Å². The molecule has 118 valence electrons. The van der Waals surface area contributed by atoms with Crippen molar-refractivity contribution in [3.63, 3.8) is 0 Å². The standard InChI is InChI=1S/C14H25F3N2O/c1-11(2)8-19(10-14(15,16)17)13(20)9-18-6-4-12(3)5-7-18/h11-12H,4-10H2,1-3H3. The van der Waals surface area contributed by atoms with Gasteiger partial charge in [-0.2, -0.15) is 13.2 Å². The van der Waals surface area contributed by atoms with Crippen LogP contribution >= 0.6 is 0 Å². The van der Waals surface area contributed by atoms with E-state index in [9.17, 15) is 18.0 Å². The van der Waals surface area contributed by atoms with E-state index < -0.39 is 18.6 Å². The van der Waals surface area contributed by atoms with Crippen molar-refractivity contribution in [1.29, 1.82) is 0 Å². The largest absolute Gasteiger partial charge is 0.406 e. The first kappa shape index (κ1) is 17.3. The summed E-state index contributed by atoms with van der Waals surface area (Å²) in [5, 5.41) is 0. The van der Waals surface area contributed by atoms with Crippen LogP contribution in [-0.2, 0) is 4.79 Å². The van der Waals surface area contributed by atoms with Crippen LogP contribution in [0.2, 0.25) is 0 Å². The van der Waals surface area contributed by atoms with Gasteiger partial charge in [0.1, 0.15) is 6.54 Å². The molecule has 1 amide bonds. The zero-order valence-corrected chi connectivity index (χ0v) is 12.5. The first-order valence-corrected chi connectivity index (χ1v) is 7.24. The van der Waals surface area contributed by atoms with E-state index in [1.807, 2.05) is 18.7 Å². The summed E-state index contributed by atoms with van der Waals surface area (Å²) in [6.07, 6.45) is -2.31. The van der Waals surface area contributed by atoms with Gasteiger partial charge in [-0.15, -0.1) is 0 Å². The molecule has 1 aliphatic heterocycles. The van der Waals surface area contributed by atoms with Crippen LogP contribution in [0.3, 0.4) is 0 Å². The van der Waals surface area contributed by atoms with Crippen molar-refractivity contribution in [1.82, 2.24) is 9.80 Å². The van der Waals surface area contributed by atoms with Crippen molar-refractivity contribution >= 4 is 5.91 Å². The van der Waals surface area contributed by atoms with E-state index in [1.54, 1.807) is 0 Å². The molecule has 0 aliphatic carbocycles. The quantitative estimate of drug-likeness (QED) is 0.778. The van der Waals surface area contributed by atoms with Gasteiger partial charge in [0.15, 0.2) is 0 Å². The van der Waals surface area contributed by atoms with Gasteiger partial charge in [-0.3, -0.25) is 9.69 Å². The maximum absolute atomic E-state index is 12.5. The zero-order valence-electron chi connectivity index (χ0n) is 12.5. The van der Waals surface area contributed by atoms with E-state index in [4.69, 9.17) is 0 Å². The molecule has 0 atom stereocenters. The highest BCUT2D eigenvalue weighted by Gasteiger charge is 2.33. The summed E-state index contributed by atoms with van der Waals surface area (Å²) in [6, 6.07) is 0. The Morgan fingerprint density at radius 3 is 2.30 bits per heavy atom. The second-order valence-corrected chi connectivity index (χ2v) is 6.24. The summed E-state index contributed by atoms with van der Waals surface area (Å²) in [5.74, 6) is 0.261. The van der Waals surface area contributed by atoms with Gasteiger partial charge in [-0.05, 0) is 37.8 Å². The molecule has 0 unspecified atom stereocenters. The van der Waals surface area contributed by atoms with Crippen molar-refractivity contribution in [3.05, 3.63) is 0 Å². The van der Waals surface area contributed by atoms with E-state index in [0.29, 0.717) is 5.92 Å². The minimum absolute atomic E-state index is 0.0303. The van der Waals surface area contributed by atoms with E-state index in [1.165, 1.54) is 0 Å². The lowest BCUT2D eigenvalue weighted by atomic mass is 9.99. The predicted molar refractivity (Wildman–Crippen MR) is 72.3 cm³/mol. The lowest BCUT2D eigenvalue weighted by molar-refractivity contribution is -0.163. The molecule has 3 nitrogen and oxygen atoms in total. The Bertz CT molecular complexity index is 310. The molecule has 0 spiro atoms. The third-order valence-electron chi connectivity index (χ3n) is 3.54. The van der Waals surface area contributed by atoms with Crippen molar-refractivity contribution in [2.45, 2.75) is 39.8 Å². The minimum atomic E-state index is -4.33. The van der Waals surface area contributed by atoms with Gasteiger partial charge < -0.3 is 4.90 Å². The lowest BCUT2D eigenvalue weighted by Crippen LogP contribution is -2.47. The second kappa shape index (κ2) is 7.29. The number of nitrogens with zero attached hydrogens (tertiary/aromatic N) is 2.